The van der Waals surface area contributed by atoms with Crippen molar-refractivity contribution in [3.8, 4) is 0 Å². The molecule has 0 radical (unpaired) electrons. The average molecular weight is 287 g/mol. The number of benzene rings is 1. The number of nitrogens with zero attached hydrogens (tertiary/aromatic N) is 4. The van der Waals surface area contributed by atoms with Gasteiger partial charge in [-0.3, -0.25) is 5.43 Å². The van der Waals surface area contributed by atoms with Gasteiger partial charge in [-0.2, -0.15) is 4.98 Å². The van der Waals surface area contributed by atoms with Crippen LogP contribution in [0.2, 0.25) is 0 Å². The van der Waals surface area contributed by atoms with Gasteiger partial charge in [0.05, 0.1) is 0 Å². The fourth-order valence-corrected chi connectivity index (χ4v) is 1.58. The smallest absolute Gasteiger partial charge is 0.423 e. The van der Waals surface area contributed by atoms with E-state index in [1.807, 2.05) is 35.8 Å². The summed E-state index contributed by atoms with van der Waals surface area (Å²) in [5.41, 5.74) is 5.52. The first-order valence-electron chi connectivity index (χ1n) is 5.80. The highest BCUT2D eigenvalue weighted by atomic mass is 16.6. The molecule has 3 rings (SSSR count). The van der Waals surface area contributed by atoms with Crippen LogP contribution in [-0.2, 0) is 0 Å². The molecule has 0 fully saturated rings. The van der Waals surface area contributed by atoms with Crippen molar-refractivity contribution in [2.45, 2.75) is 0 Å². The Balaban J connectivity index is 1.97. The zero-order valence-electron chi connectivity index (χ0n) is 10.4. The molecule has 4 N–H and O–H groups in total. The maximum Gasteiger partial charge on any atom is 0.423 e. The van der Waals surface area contributed by atoms with E-state index in [4.69, 9.17) is 5.11 Å². The van der Waals surface area contributed by atoms with Gasteiger partial charge < -0.3 is 10.4 Å². The Bertz CT molecular complexity index is 774. The van der Waals surface area contributed by atoms with Gasteiger partial charge in [-0.25, -0.2) is 19.8 Å². The summed E-state index contributed by atoms with van der Waals surface area (Å²) in [6.07, 6.45) is -1.26. The standard InChI is InChI=1S/C11H9N7O3/c19-11(20)16-15-8-7(12-6-4-2-1-3-5-6)13-9-10(14-8)18-21-17-9/h1-5,16H,(H,19,20)(H,12,13,17)(H,14,15,18). The summed E-state index contributed by atoms with van der Waals surface area (Å²) in [5.74, 6) is 0.419. The number of hydrogen-bond acceptors (Lipinski definition) is 8. The van der Waals surface area contributed by atoms with Crippen LogP contribution >= 0.6 is 0 Å². The van der Waals surface area contributed by atoms with E-state index in [1.54, 1.807) is 0 Å². The van der Waals surface area contributed by atoms with E-state index in [1.165, 1.54) is 0 Å². The minimum absolute atomic E-state index is 0.143. The highest BCUT2D eigenvalue weighted by molar-refractivity contribution is 5.77. The molecule has 2 aromatic heterocycles. The second kappa shape index (κ2) is 5.28. The minimum atomic E-state index is -1.26. The quantitative estimate of drug-likeness (QED) is 0.523. The van der Waals surface area contributed by atoms with Crippen molar-refractivity contribution in [1.29, 1.82) is 0 Å². The zero-order valence-corrected chi connectivity index (χ0v) is 10.4. The highest BCUT2D eigenvalue weighted by Crippen LogP contribution is 2.22. The van der Waals surface area contributed by atoms with Crippen LogP contribution in [-0.4, -0.2) is 31.5 Å². The number of rotatable bonds is 4. The van der Waals surface area contributed by atoms with E-state index in [0.29, 0.717) is 0 Å². The molecule has 106 valence electrons. The van der Waals surface area contributed by atoms with Gasteiger partial charge in [0.2, 0.25) is 11.3 Å². The third-order valence-electron chi connectivity index (χ3n) is 2.44. The molecule has 0 saturated heterocycles. The number of aromatic nitrogens is 4. The van der Waals surface area contributed by atoms with Crippen molar-refractivity contribution >= 4 is 34.7 Å². The molecule has 0 saturated carbocycles. The lowest BCUT2D eigenvalue weighted by Crippen LogP contribution is -2.28. The van der Waals surface area contributed by atoms with E-state index in [2.05, 4.69) is 35.7 Å². The molecular formula is C11H9N7O3. The van der Waals surface area contributed by atoms with Gasteiger partial charge in [0, 0.05) is 5.69 Å². The van der Waals surface area contributed by atoms with Crippen LogP contribution in [0.15, 0.2) is 35.0 Å². The lowest BCUT2D eigenvalue weighted by Gasteiger charge is -2.10. The van der Waals surface area contributed by atoms with Crippen LogP contribution in [0.3, 0.4) is 0 Å². The summed E-state index contributed by atoms with van der Waals surface area (Å²) in [6, 6.07) is 9.19. The zero-order chi connectivity index (χ0) is 14.7. The first kappa shape index (κ1) is 12.6. The fraction of sp³-hybridized carbons (Fsp3) is 0. The second-order valence-corrected chi connectivity index (χ2v) is 3.88. The normalized spacial score (nSPS) is 10.3. The molecule has 0 bridgehead atoms. The Morgan fingerprint density at radius 3 is 2.38 bits per heavy atom. The maximum absolute atomic E-state index is 10.6. The maximum atomic E-state index is 10.6. The first-order chi connectivity index (χ1) is 10.2. The van der Waals surface area contributed by atoms with Gasteiger partial charge in [0.25, 0.3) is 0 Å². The van der Waals surface area contributed by atoms with Crippen molar-refractivity contribution in [2.75, 3.05) is 10.7 Å². The van der Waals surface area contributed by atoms with E-state index in [0.717, 1.165) is 5.69 Å². The monoisotopic (exact) mass is 287 g/mol. The van der Waals surface area contributed by atoms with Crippen LogP contribution in [0.1, 0.15) is 0 Å². The molecule has 0 aliphatic carbocycles. The van der Waals surface area contributed by atoms with Crippen molar-refractivity contribution in [3.05, 3.63) is 30.3 Å². The van der Waals surface area contributed by atoms with Gasteiger partial charge in [-0.05, 0) is 22.4 Å². The van der Waals surface area contributed by atoms with Crippen LogP contribution in [0.4, 0.5) is 22.1 Å². The predicted octanol–water partition coefficient (Wildman–Crippen LogP) is 1.35. The molecule has 21 heavy (non-hydrogen) atoms. The Kier molecular flexibility index (Phi) is 3.17. The first-order valence-corrected chi connectivity index (χ1v) is 5.80. The van der Waals surface area contributed by atoms with Gasteiger partial charge in [-0.1, -0.05) is 18.2 Å². The summed E-state index contributed by atoms with van der Waals surface area (Å²) < 4.78 is 4.53. The Morgan fingerprint density at radius 1 is 1.05 bits per heavy atom. The third-order valence-corrected chi connectivity index (χ3v) is 2.44. The van der Waals surface area contributed by atoms with Crippen LogP contribution in [0.5, 0.6) is 0 Å². The Hall–Kier alpha value is -3.43. The largest absolute Gasteiger partial charge is 0.464 e. The molecule has 3 aromatic rings. The van der Waals surface area contributed by atoms with Crippen LogP contribution in [0, 0.1) is 0 Å². The lowest BCUT2D eigenvalue weighted by atomic mass is 10.3. The van der Waals surface area contributed by atoms with Crippen molar-refractivity contribution in [1.82, 2.24) is 25.7 Å². The fourth-order valence-electron chi connectivity index (χ4n) is 1.58. The summed E-state index contributed by atoms with van der Waals surface area (Å²) in [5, 5.41) is 18.8. The summed E-state index contributed by atoms with van der Waals surface area (Å²) in [4.78, 5) is 18.8. The van der Waals surface area contributed by atoms with E-state index in [9.17, 15) is 4.79 Å². The highest BCUT2D eigenvalue weighted by Gasteiger charge is 2.13. The van der Waals surface area contributed by atoms with Crippen molar-refractivity contribution in [3.63, 3.8) is 0 Å². The topological polar surface area (TPSA) is 138 Å². The number of nitrogens with one attached hydrogen (secondary N) is 3. The molecule has 0 spiro atoms. The molecule has 10 nitrogen and oxygen atoms in total. The van der Waals surface area contributed by atoms with Crippen molar-refractivity contribution in [2.24, 2.45) is 0 Å². The van der Waals surface area contributed by atoms with Gasteiger partial charge in [0.15, 0.2) is 11.6 Å². The average Bonchev–Trinajstić information content (AvgIpc) is 2.93. The van der Waals surface area contributed by atoms with Crippen LogP contribution < -0.4 is 16.2 Å². The van der Waals surface area contributed by atoms with E-state index in [-0.39, 0.29) is 22.9 Å². The number of carboxylic acid groups (broad SMARTS) is 1. The summed E-state index contributed by atoms with van der Waals surface area (Å²) in [7, 11) is 0. The molecule has 1 amide bonds. The molecular weight excluding hydrogens is 278 g/mol. The molecule has 1 aromatic carbocycles. The van der Waals surface area contributed by atoms with Crippen molar-refractivity contribution < 1.29 is 14.5 Å². The number of carbonyl (C=O) groups is 1. The minimum Gasteiger partial charge on any atom is -0.464 e. The van der Waals surface area contributed by atoms with E-state index < -0.39 is 6.09 Å². The molecule has 0 atom stereocenters. The SMILES string of the molecule is O=C(O)NNc1nc2nonc2nc1Nc1ccccc1. The summed E-state index contributed by atoms with van der Waals surface area (Å²) >= 11 is 0. The third kappa shape index (κ3) is 2.78. The van der Waals surface area contributed by atoms with Gasteiger partial charge >= 0.3 is 6.09 Å². The van der Waals surface area contributed by atoms with Gasteiger partial charge in [-0.15, -0.1) is 0 Å². The molecule has 0 unspecified atom stereocenters. The van der Waals surface area contributed by atoms with Gasteiger partial charge in [0.1, 0.15) is 0 Å². The van der Waals surface area contributed by atoms with E-state index >= 15 is 0 Å². The van der Waals surface area contributed by atoms with Crippen LogP contribution in [0.25, 0.3) is 11.3 Å². The summed E-state index contributed by atoms with van der Waals surface area (Å²) in [6.45, 7) is 0. The lowest BCUT2D eigenvalue weighted by molar-refractivity contribution is 0.197. The molecule has 2 heterocycles. The number of para-hydroxylation sites is 1. The Morgan fingerprint density at radius 2 is 1.71 bits per heavy atom. The predicted molar refractivity (Wildman–Crippen MR) is 71.9 cm³/mol. The Labute approximate surface area is 117 Å². The number of anilines is 3. The molecule has 0 aliphatic rings. The number of hydrogen-bond donors (Lipinski definition) is 4. The number of hydrazine groups is 1. The number of amides is 1. The second-order valence-electron chi connectivity index (χ2n) is 3.88. The molecule has 0 aliphatic heterocycles. The molecule has 10 heteroatoms. The number of fused-ring (bicyclic) bond motifs is 1.